The Morgan fingerprint density at radius 2 is 1.88 bits per heavy atom. The van der Waals surface area contributed by atoms with Gasteiger partial charge in [0.2, 0.25) is 0 Å². The van der Waals surface area contributed by atoms with E-state index in [1.165, 1.54) is 4.88 Å². The molecular formula is C21H20N2OS. The maximum Gasteiger partial charge on any atom is 0.137 e. The summed E-state index contributed by atoms with van der Waals surface area (Å²) in [6, 6.07) is 16.4. The molecule has 4 heteroatoms. The lowest BCUT2D eigenvalue weighted by Crippen LogP contribution is -2.15. The van der Waals surface area contributed by atoms with Gasteiger partial charge in [0.15, 0.2) is 0 Å². The van der Waals surface area contributed by atoms with Crippen LogP contribution in [0.1, 0.15) is 25.1 Å². The predicted octanol–water partition coefficient (Wildman–Crippen LogP) is 5.27. The van der Waals surface area contributed by atoms with Crippen molar-refractivity contribution in [3.8, 4) is 21.7 Å². The standard InChI is InChI=1S/C21H20N2OS/c1-14-20(18-8-5-11-25-18)22-19-10-9-16(13-23(14)19)15-6-4-7-17(12-15)21(2,3)24/h4-13,24H,1-3H3. The Labute approximate surface area is 151 Å². The number of benzene rings is 1. The van der Waals surface area contributed by atoms with Gasteiger partial charge in [0.05, 0.1) is 10.5 Å². The van der Waals surface area contributed by atoms with Crippen molar-refractivity contribution in [3.05, 3.63) is 71.4 Å². The van der Waals surface area contributed by atoms with Gasteiger partial charge < -0.3 is 9.51 Å². The second kappa shape index (κ2) is 5.83. The molecule has 0 aliphatic rings. The summed E-state index contributed by atoms with van der Waals surface area (Å²) in [6.45, 7) is 5.72. The zero-order valence-corrected chi connectivity index (χ0v) is 15.3. The number of aromatic nitrogens is 2. The minimum atomic E-state index is -0.850. The molecule has 25 heavy (non-hydrogen) atoms. The molecule has 0 unspecified atom stereocenters. The largest absolute Gasteiger partial charge is 0.386 e. The number of pyridine rings is 1. The molecule has 0 radical (unpaired) electrons. The molecule has 1 N–H and O–H groups in total. The Hall–Kier alpha value is -2.43. The second-order valence-electron chi connectivity index (χ2n) is 6.81. The topological polar surface area (TPSA) is 37.5 Å². The SMILES string of the molecule is Cc1c(-c2cccs2)nc2ccc(-c3cccc(C(C)(C)O)c3)cn12. The molecule has 3 nitrogen and oxygen atoms in total. The summed E-state index contributed by atoms with van der Waals surface area (Å²) in [5.41, 5.74) is 5.38. The van der Waals surface area contributed by atoms with Crippen molar-refractivity contribution in [3.63, 3.8) is 0 Å². The highest BCUT2D eigenvalue weighted by Gasteiger charge is 2.17. The first-order valence-corrected chi connectivity index (χ1v) is 9.17. The van der Waals surface area contributed by atoms with Gasteiger partial charge in [0, 0.05) is 11.9 Å². The van der Waals surface area contributed by atoms with Crippen LogP contribution in [-0.4, -0.2) is 14.5 Å². The smallest absolute Gasteiger partial charge is 0.137 e. The van der Waals surface area contributed by atoms with Crippen molar-refractivity contribution in [2.75, 3.05) is 0 Å². The van der Waals surface area contributed by atoms with E-state index in [0.29, 0.717) is 0 Å². The van der Waals surface area contributed by atoms with E-state index in [1.54, 1.807) is 11.3 Å². The first kappa shape index (κ1) is 16.1. The van der Waals surface area contributed by atoms with Crippen LogP contribution >= 0.6 is 11.3 Å². The maximum atomic E-state index is 10.3. The highest BCUT2D eigenvalue weighted by molar-refractivity contribution is 7.13. The van der Waals surface area contributed by atoms with Crippen LogP contribution in [0.15, 0.2) is 60.1 Å². The Balaban J connectivity index is 1.84. The summed E-state index contributed by atoms with van der Waals surface area (Å²) in [6.07, 6.45) is 2.12. The van der Waals surface area contributed by atoms with E-state index >= 15 is 0 Å². The van der Waals surface area contributed by atoms with Gasteiger partial charge in [-0.3, -0.25) is 0 Å². The fraction of sp³-hybridized carbons (Fsp3) is 0.190. The fourth-order valence-electron chi connectivity index (χ4n) is 3.06. The molecule has 0 atom stereocenters. The van der Waals surface area contributed by atoms with Crippen LogP contribution in [0.4, 0.5) is 0 Å². The number of thiophene rings is 1. The molecule has 0 spiro atoms. The Morgan fingerprint density at radius 1 is 1.04 bits per heavy atom. The molecule has 0 saturated carbocycles. The lowest BCUT2D eigenvalue weighted by Gasteiger charge is -2.18. The van der Waals surface area contributed by atoms with Gasteiger partial charge in [0.25, 0.3) is 0 Å². The number of fused-ring (bicyclic) bond motifs is 1. The third-order valence-corrected chi connectivity index (χ3v) is 5.39. The zero-order valence-electron chi connectivity index (χ0n) is 14.5. The summed E-state index contributed by atoms with van der Waals surface area (Å²) < 4.78 is 2.14. The molecule has 3 heterocycles. The summed E-state index contributed by atoms with van der Waals surface area (Å²) in [4.78, 5) is 5.97. The van der Waals surface area contributed by atoms with Crippen LogP contribution in [0.3, 0.4) is 0 Å². The highest BCUT2D eigenvalue weighted by atomic mass is 32.1. The minimum absolute atomic E-state index is 0.850. The average molecular weight is 348 g/mol. The molecule has 126 valence electrons. The van der Waals surface area contributed by atoms with Crippen LogP contribution < -0.4 is 0 Å². The number of hydrogen-bond acceptors (Lipinski definition) is 3. The van der Waals surface area contributed by atoms with Crippen LogP contribution in [0, 0.1) is 6.92 Å². The monoisotopic (exact) mass is 348 g/mol. The molecule has 0 aliphatic carbocycles. The molecule has 0 aliphatic heterocycles. The molecule has 4 rings (SSSR count). The summed E-state index contributed by atoms with van der Waals surface area (Å²) in [5.74, 6) is 0. The number of aryl methyl sites for hydroxylation is 1. The molecule has 0 fully saturated rings. The van der Waals surface area contributed by atoms with Gasteiger partial charge in [-0.05, 0) is 67.1 Å². The zero-order chi connectivity index (χ0) is 17.6. The third-order valence-electron chi connectivity index (χ3n) is 4.51. The summed E-state index contributed by atoms with van der Waals surface area (Å²) >= 11 is 1.71. The molecule has 4 aromatic rings. The molecule has 1 aromatic carbocycles. The van der Waals surface area contributed by atoms with E-state index in [0.717, 1.165) is 33.7 Å². The van der Waals surface area contributed by atoms with E-state index < -0.39 is 5.60 Å². The second-order valence-corrected chi connectivity index (χ2v) is 7.76. The summed E-state index contributed by atoms with van der Waals surface area (Å²) in [5, 5.41) is 12.3. The molecule has 0 bridgehead atoms. The van der Waals surface area contributed by atoms with Crippen LogP contribution in [0.5, 0.6) is 0 Å². The van der Waals surface area contributed by atoms with Crippen molar-refractivity contribution < 1.29 is 5.11 Å². The van der Waals surface area contributed by atoms with Gasteiger partial charge in [-0.25, -0.2) is 4.98 Å². The first-order chi connectivity index (χ1) is 11.9. The number of rotatable bonds is 3. The fourth-order valence-corrected chi connectivity index (χ4v) is 3.82. The van der Waals surface area contributed by atoms with Crippen molar-refractivity contribution >= 4 is 17.0 Å². The van der Waals surface area contributed by atoms with Gasteiger partial charge in [-0.2, -0.15) is 0 Å². The third kappa shape index (κ3) is 2.88. The van der Waals surface area contributed by atoms with Crippen molar-refractivity contribution in [2.24, 2.45) is 0 Å². The van der Waals surface area contributed by atoms with Gasteiger partial charge in [-0.15, -0.1) is 11.3 Å². The first-order valence-electron chi connectivity index (χ1n) is 8.29. The maximum absolute atomic E-state index is 10.3. The number of imidazole rings is 1. The minimum Gasteiger partial charge on any atom is -0.386 e. The van der Waals surface area contributed by atoms with Crippen molar-refractivity contribution in [2.45, 2.75) is 26.4 Å². The quantitative estimate of drug-likeness (QED) is 0.548. The van der Waals surface area contributed by atoms with Gasteiger partial charge in [-0.1, -0.05) is 24.3 Å². The average Bonchev–Trinajstić information content (AvgIpc) is 3.22. The Bertz CT molecular complexity index is 1040. The molecule has 3 aromatic heterocycles. The highest BCUT2D eigenvalue weighted by Crippen LogP contribution is 2.30. The van der Waals surface area contributed by atoms with Crippen LogP contribution in [-0.2, 0) is 5.60 Å². The van der Waals surface area contributed by atoms with E-state index in [-0.39, 0.29) is 0 Å². The van der Waals surface area contributed by atoms with E-state index in [1.807, 2.05) is 32.0 Å². The predicted molar refractivity (Wildman–Crippen MR) is 104 cm³/mol. The van der Waals surface area contributed by atoms with Crippen LogP contribution in [0.25, 0.3) is 27.3 Å². The summed E-state index contributed by atoms with van der Waals surface area (Å²) in [7, 11) is 0. The molecule has 0 saturated heterocycles. The van der Waals surface area contributed by atoms with Gasteiger partial charge in [0.1, 0.15) is 11.3 Å². The van der Waals surface area contributed by atoms with Crippen LogP contribution in [0.2, 0.25) is 0 Å². The molecule has 0 amide bonds. The Kier molecular flexibility index (Phi) is 3.74. The lowest BCUT2D eigenvalue weighted by atomic mass is 9.95. The number of aliphatic hydroxyl groups is 1. The van der Waals surface area contributed by atoms with Crippen molar-refractivity contribution in [1.29, 1.82) is 0 Å². The van der Waals surface area contributed by atoms with Gasteiger partial charge >= 0.3 is 0 Å². The van der Waals surface area contributed by atoms with E-state index in [2.05, 4.69) is 53.2 Å². The number of nitrogens with zero attached hydrogens (tertiary/aromatic N) is 2. The van der Waals surface area contributed by atoms with Crippen molar-refractivity contribution in [1.82, 2.24) is 9.38 Å². The molecular weight excluding hydrogens is 328 g/mol. The Morgan fingerprint density at radius 3 is 2.60 bits per heavy atom. The normalized spacial score (nSPS) is 12.0. The lowest BCUT2D eigenvalue weighted by molar-refractivity contribution is 0.0786. The van der Waals surface area contributed by atoms with E-state index in [4.69, 9.17) is 4.98 Å². The van der Waals surface area contributed by atoms with E-state index in [9.17, 15) is 5.11 Å². The number of hydrogen-bond donors (Lipinski definition) is 1.